The van der Waals surface area contributed by atoms with Gasteiger partial charge >= 0.3 is 5.69 Å². The Kier molecular flexibility index (Phi) is 5.55. The van der Waals surface area contributed by atoms with Crippen molar-refractivity contribution in [2.75, 3.05) is 10.6 Å². The van der Waals surface area contributed by atoms with Crippen LogP contribution in [-0.4, -0.2) is 25.1 Å². The lowest BCUT2D eigenvalue weighted by molar-refractivity contribution is -0.384. The van der Waals surface area contributed by atoms with Gasteiger partial charge in [-0.1, -0.05) is 24.3 Å². The van der Waals surface area contributed by atoms with Crippen LogP contribution in [0.15, 0.2) is 54.7 Å². The lowest BCUT2D eigenvalue weighted by Crippen LogP contribution is -2.05. The Labute approximate surface area is 154 Å². The van der Waals surface area contributed by atoms with Crippen molar-refractivity contribution >= 4 is 28.8 Å². The number of aliphatic hydroxyl groups is 2. The number of aliphatic hydroxyl groups excluding tert-OH is 2. The van der Waals surface area contributed by atoms with Crippen LogP contribution in [0.5, 0.6) is 0 Å². The van der Waals surface area contributed by atoms with Gasteiger partial charge in [0.1, 0.15) is 6.20 Å². The summed E-state index contributed by atoms with van der Waals surface area (Å²) in [5, 5.41) is 35.6. The molecule has 0 aliphatic carbocycles. The molecule has 9 heteroatoms. The quantitative estimate of drug-likeness (QED) is 0.370. The predicted molar refractivity (Wildman–Crippen MR) is 100.0 cm³/mol. The molecule has 0 unspecified atom stereocenters. The van der Waals surface area contributed by atoms with E-state index in [-0.39, 0.29) is 30.7 Å². The maximum Gasteiger partial charge on any atom is 0.329 e. The van der Waals surface area contributed by atoms with E-state index in [2.05, 4.69) is 20.6 Å². The zero-order valence-corrected chi connectivity index (χ0v) is 14.2. The van der Waals surface area contributed by atoms with Gasteiger partial charge in [-0.3, -0.25) is 10.1 Å². The maximum absolute atomic E-state index is 11.3. The van der Waals surface area contributed by atoms with Crippen LogP contribution in [0.4, 0.5) is 28.8 Å². The molecule has 1 aromatic heterocycles. The summed E-state index contributed by atoms with van der Waals surface area (Å²) in [5.41, 5.74) is 2.29. The third-order valence-corrected chi connectivity index (χ3v) is 3.70. The normalized spacial score (nSPS) is 10.4. The molecule has 138 valence electrons. The Morgan fingerprint density at radius 3 is 2.11 bits per heavy atom. The summed E-state index contributed by atoms with van der Waals surface area (Å²) in [6.45, 7) is -0.250. The molecule has 1 heterocycles. The van der Waals surface area contributed by atoms with E-state index >= 15 is 0 Å². The number of anilines is 4. The second kappa shape index (κ2) is 8.21. The molecule has 0 radical (unpaired) electrons. The van der Waals surface area contributed by atoms with Crippen LogP contribution < -0.4 is 10.6 Å². The molecule has 2 aromatic carbocycles. The molecule has 0 spiro atoms. The van der Waals surface area contributed by atoms with E-state index in [4.69, 9.17) is 0 Å². The molecule has 0 bridgehead atoms. The summed E-state index contributed by atoms with van der Waals surface area (Å²) in [7, 11) is 0. The van der Waals surface area contributed by atoms with Crippen molar-refractivity contribution in [2.45, 2.75) is 13.2 Å². The van der Waals surface area contributed by atoms with Gasteiger partial charge in [-0.25, -0.2) is 4.98 Å². The van der Waals surface area contributed by atoms with Crippen molar-refractivity contribution in [3.63, 3.8) is 0 Å². The fourth-order valence-corrected chi connectivity index (χ4v) is 2.42. The van der Waals surface area contributed by atoms with Crippen molar-refractivity contribution < 1.29 is 15.1 Å². The molecule has 0 aliphatic heterocycles. The van der Waals surface area contributed by atoms with Crippen LogP contribution in [0.3, 0.4) is 0 Å². The van der Waals surface area contributed by atoms with Crippen molar-refractivity contribution in [3.8, 4) is 0 Å². The van der Waals surface area contributed by atoms with Gasteiger partial charge in [-0.15, -0.1) is 0 Å². The monoisotopic (exact) mass is 367 g/mol. The summed E-state index contributed by atoms with van der Waals surface area (Å²) < 4.78 is 0. The zero-order chi connectivity index (χ0) is 19.2. The summed E-state index contributed by atoms with van der Waals surface area (Å²) in [6.07, 6.45) is 1.11. The lowest BCUT2D eigenvalue weighted by Gasteiger charge is -2.10. The topological polar surface area (TPSA) is 133 Å². The molecular weight excluding hydrogens is 350 g/mol. The molecule has 9 nitrogen and oxygen atoms in total. The van der Waals surface area contributed by atoms with E-state index < -0.39 is 4.92 Å². The standard InChI is InChI=1S/C18H17N5O4/c24-10-12-3-1-5-14(7-12)20-17-16(23(26)27)9-19-18(22-17)21-15-6-2-4-13(8-15)11-25/h1-9,24-25H,10-11H2,(H2,19,20,21,22). The zero-order valence-electron chi connectivity index (χ0n) is 14.2. The molecule has 0 amide bonds. The Hall–Kier alpha value is -3.56. The Morgan fingerprint density at radius 1 is 0.963 bits per heavy atom. The number of hydrogen-bond donors (Lipinski definition) is 4. The van der Waals surface area contributed by atoms with Gasteiger partial charge < -0.3 is 20.8 Å². The van der Waals surface area contributed by atoms with Gasteiger partial charge in [0.15, 0.2) is 0 Å². The number of nitro groups is 1. The second-order valence-electron chi connectivity index (χ2n) is 5.65. The number of aromatic nitrogens is 2. The van der Waals surface area contributed by atoms with E-state index in [1.807, 2.05) is 0 Å². The number of benzene rings is 2. The van der Waals surface area contributed by atoms with E-state index in [1.54, 1.807) is 48.5 Å². The van der Waals surface area contributed by atoms with Crippen LogP contribution >= 0.6 is 0 Å². The van der Waals surface area contributed by atoms with Crippen LogP contribution in [0.25, 0.3) is 0 Å². The number of nitrogens with zero attached hydrogens (tertiary/aromatic N) is 3. The third kappa shape index (κ3) is 4.54. The number of hydrogen-bond acceptors (Lipinski definition) is 8. The Balaban J connectivity index is 1.91. The highest BCUT2D eigenvalue weighted by Gasteiger charge is 2.18. The van der Waals surface area contributed by atoms with E-state index in [9.17, 15) is 20.3 Å². The first-order valence-electron chi connectivity index (χ1n) is 8.04. The van der Waals surface area contributed by atoms with Crippen molar-refractivity contribution in [1.29, 1.82) is 0 Å². The molecule has 0 atom stereocenters. The van der Waals surface area contributed by atoms with Gasteiger partial charge in [0.2, 0.25) is 11.8 Å². The molecule has 3 aromatic rings. The first-order valence-corrected chi connectivity index (χ1v) is 8.04. The summed E-state index contributed by atoms with van der Waals surface area (Å²) in [6, 6.07) is 13.9. The van der Waals surface area contributed by atoms with Crippen molar-refractivity contribution in [3.05, 3.63) is 76.0 Å². The molecule has 0 aliphatic rings. The predicted octanol–water partition coefficient (Wildman–Crippen LogP) is 2.86. The van der Waals surface area contributed by atoms with Gasteiger partial charge in [-0.2, -0.15) is 4.98 Å². The molecular formula is C18H17N5O4. The van der Waals surface area contributed by atoms with E-state index in [1.165, 1.54) is 0 Å². The van der Waals surface area contributed by atoms with Crippen LogP contribution in [-0.2, 0) is 13.2 Å². The van der Waals surface area contributed by atoms with Crippen LogP contribution in [0.1, 0.15) is 11.1 Å². The largest absolute Gasteiger partial charge is 0.392 e. The minimum atomic E-state index is -0.575. The Morgan fingerprint density at radius 2 is 1.56 bits per heavy atom. The highest BCUT2D eigenvalue weighted by molar-refractivity contribution is 5.67. The molecule has 0 fully saturated rings. The lowest BCUT2D eigenvalue weighted by atomic mass is 10.2. The van der Waals surface area contributed by atoms with Crippen LogP contribution in [0.2, 0.25) is 0 Å². The third-order valence-electron chi connectivity index (χ3n) is 3.70. The maximum atomic E-state index is 11.3. The average Bonchev–Trinajstić information content (AvgIpc) is 2.68. The second-order valence-corrected chi connectivity index (χ2v) is 5.65. The van der Waals surface area contributed by atoms with Gasteiger partial charge in [0, 0.05) is 11.4 Å². The smallest absolute Gasteiger partial charge is 0.329 e. The fraction of sp³-hybridized carbons (Fsp3) is 0.111. The van der Waals surface area contributed by atoms with E-state index in [0.29, 0.717) is 22.5 Å². The fourth-order valence-electron chi connectivity index (χ4n) is 2.42. The number of nitrogens with one attached hydrogen (secondary N) is 2. The summed E-state index contributed by atoms with van der Waals surface area (Å²) in [5.74, 6) is 0.183. The van der Waals surface area contributed by atoms with Crippen LogP contribution in [0, 0.1) is 10.1 Å². The average molecular weight is 367 g/mol. The molecule has 4 N–H and O–H groups in total. The molecule has 3 rings (SSSR count). The molecule has 27 heavy (non-hydrogen) atoms. The van der Waals surface area contributed by atoms with E-state index in [0.717, 1.165) is 6.20 Å². The Bertz CT molecular complexity index is 964. The highest BCUT2D eigenvalue weighted by Crippen LogP contribution is 2.27. The summed E-state index contributed by atoms with van der Waals surface area (Å²) in [4.78, 5) is 18.9. The molecule has 0 saturated heterocycles. The molecule has 0 saturated carbocycles. The minimum absolute atomic E-state index is 0.0194. The SMILES string of the molecule is O=[N+]([O-])c1cnc(Nc2cccc(CO)c2)nc1Nc1cccc(CO)c1. The minimum Gasteiger partial charge on any atom is -0.392 e. The number of rotatable bonds is 7. The summed E-state index contributed by atoms with van der Waals surface area (Å²) >= 11 is 0. The van der Waals surface area contributed by atoms with Crippen molar-refractivity contribution in [1.82, 2.24) is 9.97 Å². The highest BCUT2D eigenvalue weighted by atomic mass is 16.6. The van der Waals surface area contributed by atoms with Gasteiger partial charge in [0.05, 0.1) is 18.1 Å². The van der Waals surface area contributed by atoms with Crippen molar-refractivity contribution in [2.24, 2.45) is 0 Å². The van der Waals surface area contributed by atoms with Gasteiger partial charge in [-0.05, 0) is 35.4 Å². The van der Waals surface area contributed by atoms with Gasteiger partial charge in [0.25, 0.3) is 0 Å². The first kappa shape index (κ1) is 18.2. The first-order chi connectivity index (χ1) is 13.1.